The van der Waals surface area contributed by atoms with Crippen molar-refractivity contribution in [2.75, 3.05) is 46.4 Å². The van der Waals surface area contributed by atoms with Gasteiger partial charge in [-0.05, 0) is 37.6 Å². The smallest absolute Gasteiger partial charge is 0.317 e. The van der Waals surface area contributed by atoms with E-state index in [1.807, 2.05) is 12.1 Å². The summed E-state index contributed by atoms with van der Waals surface area (Å²) in [5.74, 6) is 0. The molecular weight excluding hydrogens is 342 g/mol. The van der Waals surface area contributed by atoms with Crippen molar-refractivity contribution in [1.82, 2.24) is 15.1 Å². The van der Waals surface area contributed by atoms with Gasteiger partial charge in [-0.2, -0.15) is 0 Å². The molecule has 2 amide bonds. The van der Waals surface area contributed by atoms with E-state index in [1.165, 1.54) is 0 Å². The van der Waals surface area contributed by atoms with E-state index in [9.17, 15) is 9.90 Å². The molecule has 0 aromatic heterocycles. The number of morpholine rings is 1. The van der Waals surface area contributed by atoms with Gasteiger partial charge in [0, 0.05) is 37.7 Å². The van der Waals surface area contributed by atoms with E-state index in [1.54, 1.807) is 17.0 Å². The number of nitrogens with one attached hydrogen (secondary N) is 1. The average Bonchev–Trinajstić information content (AvgIpc) is 2.61. The summed E-state index contributed by atoms with van der Waals surface area (Å²) in [6.45, 7) is 4.03. The molecule has 1 aromatic rings. The van der Waals surface area contributed by atoms with Crippen LogP contribution in [-0.2, 0) is 10.3 Å². The first-order chi connectivity index (χ1) is 12.0. The van der Waals surface area contributed by atoms with Crippen LogP contribution in [0.25, 0.3) is 0 Å². The number of amides is 2. The number of carbonyl (C=O) groups excluding carboxylic acids is 1. The van der Waals surface area contributed by atoms with Gasteiger partial charge in [-0.25, -0.2) is 4.79 Å². The highest BCUT2D eigenvalue weighted by Gasteiger charge is 2.35. The molecule has 0 spiro atoms. The van der Waals surface area contributed by atoms with Crippen molar-refractivity contribution in [1.29, 1.82) is 0 Å². The second-order valence-corrected chi connectivity index (χ2v) is 7.40. The third kappa shape index (κ3) is 4.64. The fourth-order valence-electron chi connectivity index (χ4n) is 3.43. The molecule has 6 nitrogen and oxygen atoms in total. The Morgan fingerprint density at radius 2 is 2.00 bits per heavy atom. The van der Waals surface area contributed by atoms with Crippen LogP contribution in [0.3, 0.4) is 0 Å². The summed E-state index contributed by atoms with van der Waals surface area (Å²) in [4.78, 5) is 16.3. The van der Waals surface area contributed by atoms with Crippen LogP contribution in [0, 0.1) is 0 Å². The molecular formula is C18H26ClN3O3. The Morgan fingerprint density at radius 1 is 1.32 bits per heavy atom. The predicted molar refractivity (Wildman–Crippen MR) is 96.8 cm³/mol. The average molecular weight is 368 g/mol. The van der Waals surface area contributed by atoms with Crippen molar-refractivity contribution < 1.29 is 14.6 Å². The molecule has 2 heterocycles. The minimum atomic E-state index is -0.892. The first-order valence-electron chi connectivity index (χ1n) is 8.78. The van der Waals surface area contributed by atoms with Gasteiger partial charge < -0.3 is 25.0 Å². The summed E-state index contributed by atoms with van der Waals surface area (Å²) in [6.07, 6.45) is 1.08. The lowest BCUT2D eigenvalue weighted by Gasteiger charge is -2.39. The molecule has 2 N–H and O–H groups in total. The van der Waals surface area contributed by atoms with Crippen molar-refractivity contribution in [2.24, 2.45) is 0 Å². The fraction of sp³-hybridized carbons (Fsp3) is 0.611. The summed E-state index contributed by atoms with van der Waals surface area (Å²) < 4.78 is 5.66. The number of aliphatic hydroxyl groups is 1. The zero-order chi connectivity index (χ0) is 17.9. The van der Waals surface area contributed by atoms with E-state index in [0.29, 0.717) is 44.1 Å². The van der Waals surface area contributed by atoms with Crippen molar-refractivity contribution in [2.45, 2.75) is 24.5 Å². The maximum Gasteiger partial charge on any atom is 0.317 e. The van der Waals surface area contributed by atoms with Gasteiger partial charge in [-0.15, -0.1) is 0 Å². The highest BCUT2D eigenvalue weighted by atomic mass is 35.5. The van der Waals surface area contributed by atoms with Crippen molar-refractivity contribution in [3.8, 4) is 0 Å². The largest absolute Gasteiger partial charge is 0.385 e. The van der Waals surface area contributed by atoms with Crippen LogP contribution in [0.2, 0.25) is 5.02 Å². The SMILES string of the molecule is CN1CCO[C@@H](CNC(=O)N2CCC(O)(c3ccc(Cl)cc3)CC2)C1. The summed E-state index contributed by atoms with van der Waals surface area (Å²) in [5, 5.41) is 14.5. The Bertz CT molecular complexity index is 588. The Balaban J connectivity index is 1.48. The molecule has 7 heteroatoms. The van der Waals surface area contributed by atoms with Gasteiger partial charge in [-0.1, -0.05) is 23.7 Å². The van der Waals surface area contributed by atoms with Crippen LogP contribution in [0.1, 0.15) is 18.4 Å². The number of ether oxygens (including phenoxy) is 1. The Kier molecular flexibility index (Phi) is 5.84. The molecule has 0 unspecified atom stereocenters. The van der Waals surface area contributed by atoms with E-state index >= 15 is 0 Å². The van der Waals surface area contributed by atoms with E-state index in [2.05, 4.69) is 17.3 Å². The first-order valence-corrected chi connectivity index (χ1v) is 9.15. The molecule has 2 aliphatic heterocycles. The number of likely N-dealkylation sites (tertiary alicyclic amines) is 1. The number of halogens is 1. The maximum atomic E-state index is 12.4. The Hall–Kier alpha value is -1.34. The number of piperidine rings is 1. The molecule has 1 aromatic carbocycles. The van der Waals surface area contributed by atoms with E-state index < -0.39 is 5.60 Å². The molecule has 2 aliphatic rings. The summed E-state index contributed by atoms with van der Waals surface area (Å²) in [5.41, 5.74) is -0.0353. The Labute approximate surface area is 153 Å². The van der Waals surface area contributed by atoms with E-state index in [0.717, 1.165) is 18.7 Å². The minimum Gasteiger partial charge on any atom is -0.385 e. The number of likely N-dealkylation sites (N-methyl/N-ethyl adjacent to an activating group) is 1. The number of urea groups is 1. The second-order valence-electron chi connectivity index (χ2n) is 6.97. The third-order valence-electron chi connectivity index (χ3n) is 5.08. The Morgan fingerprint density at radius 3 is 2.64 bits per heavy atom. The van der Waals surface area contributed by atoms with Gasteiger partial charge in [-0.3, -0.25) is 0 Å². The number of rotatable bonds is 3. The quantitative estimate of drug-likeness (QED) is 0.852. The van der Waals surface area contributed by atoms with Crippen LogP contribution in [0.4, 0.5) is 4.79 Å². The summed E-state index contributed by atoms with van der Waals surface area (Å²) in [6, 6.07) is 7.20. The van der Waals surface area contributed by atoms with E-state index in [4.69, 9.17) is 16.3 Å². The number of nitrogens with zero attached hydrogens (tertiary/aromatic N) is 2. The van der Waals surface area contributed by atoms with Crippen LogP contribution in [0.5, 0.6) is 0 Å². The van der Waals surface area contributed by atoms with Gasteiger partial charge in [0.05, 0.1) is 18.3 Å². The zero-order valence-corrected chi connectivity index (χ0v) is 15.3. The number of hydrogen-bond donors (Lipinski definition) is 2. The van der Waals surface area contributed by atoms with E-state index in [-0.39, 0.29) is 12.1 Å². The third-order valence-corrected chi connectivity index (χ3v) is 5.33. The van der Waals surface area contributed by atoms with Crippen LogP contribution < -0.4 is 5.32 Å². The summed E-state index contributed by atoms with van der Waals surface area (Å²) >= 11 is 5.91. The molecule has 25 heavy (non-hydrogen) atoms. The molecule has 3 rings (SSSR count). The molecule has 0 radical (unpaired) electrons. The van der Waals surface area contributed by atoms with Gasteiger partial charge >= 0.3 is 6.03 Å². The monoisotopic (exact) mass is 367 g/mol. The molecule has 138 valence electrons. The standard InChI is InChI=1S/C18H26ClN3O3/c1-21-10-11-25-16(13-21)12-20-17(23)22-8-6-18(24,7-9-22)14-2-4-15(19)5-3-14/h2-5,16,24H,6-13H2,1H3,(H,20,23)/t16-/m0/s1. The molecule has 2 fully saturated rings. The molecule has 1 atom stereocenters. The minimum absolute atomic E-state index is 0.0403. The lowest BCUT2D eigenvalue weighted by molar-refractivity contribution is -0.0229. The molecule has 0 bridgehead atoms. The number of benzene rings is 1. The summed E-state index contributed by atoms with van der Waals surface area (Å²) in [7, 11) is 2.06. The highest BCUT2D eigenvalue weighted by molar-refractivity contribution is 6.30. The lowest BCUT2D eigenvalue weighted by Crippen LogP contribution is -2.52. The second kappa shape index (κ2) is 7.91. The van der Waals surface area contributed by atoms with Crippen molar-refractivity contribution in [3.05, 3.63) is 34.9 Å². The molecule has 0 saturated carbocycles. The van der Waals surface area contributed by atoms with Crippen LogP contribution in [0.15, 0.2) is 24.3 Å². The van der Waals surface area contributed by atoms with Gasteiger partial charge in [0.25, 0.3) is 0 Å². The first kappa shape index (κ1) is 18.5. The fourth-order valence-corrected chi connectivity index (χ4v) is 3.56. The normalized spacial score (nSPS) is 24.1. The van der Waals surface area contributed by atoms with Crippen LogP contribution >= 0.6 is 11.6 Å². The predicted octanol–water partition coefficient (Wildman–Crippen LogP) is 1.66. The maximum absolute atomic E-state index is 12.4. The molecule has 0 aliphatic carbocycles. The van der Waals surface area contributed by atoms with Crippen molar-refractivity contribution >= 4 is 17.6 Å². The number of carbonyl (C=O) groups is 1. The topological polar surface area (TPSA) is 65.0 Å². The van der Waals surface area contributed by atoms with Gasteiger partial charge in [0.15, 0.2) is 0 Å². The zero-order valence-electron chi connectivity index (χ0n) is 14.6. The molecule has 2 saturated heterocycles. The van der Waals surface area contributed by atoms with Crippen molar-refractivity contribution in [3.63, 3.8) is 0 Å². The van der Waals surface area contributed by atoms with Gasteiger partial charge in [0.1, 0.15) is 0 Å². The van der Waals surface area contributed by atoms with Crippen LogP contribution in [-0.4, -0.2) is 73.4 Å². The van der Waals surface area contributed by atoms with Gasteiger partial charge in [0.2, 0.25) is 0 Å². The number of hydrogen-bond acceptors (Lipinski definition) is 4. The highest BCUT2D eigenvalue weighted by Crippen LogP contribution is 2.33. The lowest BCUT2D eigenvalue weighted by atomic mass is 9.84.